The third kappa shape index (κ3) is 14.8. The van der Waals surface area contributed by atoms with E-state index in [0.717, 1.165) is 13.8 Å². The average Bonchev–Trinajstić information content (AvgIpc) is 3.43. The maximum absolute atomic E-state index is 12.7. The molecule has 0 aliphatic carbocycles. The number of nitrogens with one attached hydrogen (secondary N) is 3. The van der Waals surface area contributed by atoms with Crippen LogP contribution in [0.25, 0.3) is 0 Å². The van der Waals surface area contributed by atoms with E-state index in [2.05, 4.69) is 16.0 Å². The largest absolute Gasteiger partial charge is 0.394 e. The minimum absolute atomic E-state index is 0.275. The lowest BCUT2D eigenvalue weighted by molar-refractivity contribution is -0.387. The van der Waals surface area contributed by atoms with Crippen LogP contribution < -0.4 is 16.0 Å². The zero-order valence-corrected chi connectivity index (χ0v) is 42.8. The van der Waals surface area contributed by atoms with E-state index in [1.54, 1.807) is 0 Å². The lowest BCUT2D eigenvalue weighted by atomic mass is 9.93. The highest BCUT2D eigenvalue weighted by Gasteiger charge is 2.58. The Morgan fingerprint density at radius 3 is 1.09 bits per heavy atom. The number of carbonyl (C=O) groups is 3. The number of rotatable bonds is 24. The summed E-state index contributed by atoms with van der Waals surface area (Å²) in [5, 5.41) is 201. The highest BCUT2D eigenvalue weighted by Crippen LogP contribution is 2.37. The Morgan fingerprint density at radius 1 is 0.400 bits per heavy atom. The molecule has 6 aliphatic rings. The lowest BCUT2D eigenvalue weighted by Crippen LogP contribution is -2.70. The third-order valence-electron chi connectivity index (χ3n) is 14.2. The molecule has 0 aromatic carbocycles. The van der Waals surface area contributed by atoms with Crippen LogP contribution in [0.4, 0.5) is 0 Å². The molecule has 0 aromatic rings. The van der Waals surface area contributed by atoms with E-state index in [9.17, 15) is 106 Å². The standard InChI is InChI=1S/C44H75N3O33/c1-12(56)46-21-26(61)34(76-42-30(65)28(63)23(58)15(4-49)70-42)18(7-52)73-39(21)79-37-24(59)16(5-50)71-43(32(37)67)77-35-19(8-53)74-40(22(27(35)62)47-13(2)57)80-38-25(60)17(6-51)72-44(33(38)68)78-36-20(9-54)75-41(31(66)29(36)64)69-10-14(3-48)45-11-55/h11,14-44,48-54,58-68H,3-10H2,1-2H3,(H,45,55)(H,46,56)(H,47,57)/t14-,15-,16-,17-,18-,19-,20-,21-,22-,23+,24+,25+,26-,27-,28+,29-,30-,31-,32-,33-,34-,35-,36-,37+,38+,39-,40+,41-,42+,43+,44+/m1/s1. The minimum Gasteiger partial charge on any atom is -0.394 e. The highest BCUT2D eigenvalue weighted by molar-refractivity contribution is 5.73. The van der Waals surface area contributed by atoms with E-state index in [0.29, 0.717) is 0 Å². The van der Waals surface area contributed by atoms with Crippen molar-refractivity contribution < 1.29 is 163 Å². The van der Waals surface area contributed by atoms with Gasteiger partial charge in [-0.2, -0.15) is 0 Å². The van der Waals surface area contributed by atoms with Crippen molar-refractivity contribution in [1.29, 1.82) is 0 Å². The first-order valence-corrected chi connectivity index (χ1v) is 25.3. The van der Waals surface area contributed by atoms with Crippen molar-refractivity contribution in [3.05, 3.63) is 0 Å². The molecule has 0 saturated carbocycles. The van der Waals surface area contributed by atoms with Crippen LogP contribution in [0.5, 0.6) is 0 Å². The normalized spacial score (nSPS) is 46.8. The number of aliphatic hydroxyl groups is 18. The van der Waals surface area contributed by atoms with Gasteiger partial charge in [0.25, 0.3) is 0 Å². The molecular formula is C44H75N3O33. The number of ether oxygens (including phenoxy) is 12. The Balaban J connectivity index is 1.19. The van der Waals surface area contributed by atoms with Crippen LogP contribution in [-0.2, 0) is 71.2 Å². The summed E-state index contributed by atoms with van der Waals surface area (Å²) >= 11 is 0. The van der Waals surface area contributed by atoms with Gasteiger partial charge in [0.1, 0.15) is 146 Å². The van der Waals surface area contributed by atoms with Gasteiger partial charge in [0.15, 0.2) is 37.7 Å². The summed E-state index contributed by atoms with van der Waals surface area (Å²) in [5.74, 6) is -1.71. The van der Waals surface area contributed by atoms with E-state index >= 15 is 0 Å². The first-order valence-electron chi connectivity index (χ1n) is 25.3. The second kappa shape index (κ2) is 29.8. The summed E-state index contributed by atoms with van der Waals surface area (Å²) in [6.45, 7) is -4.95. The molecule has 6 saturated heterocycles. The van der Waals surface area contributed by atoms with Crippen molar-refractivity contribution in [3.8, 4) is 0 Å². The molecule has 80 heavy (non-hydrogen) atoms. The molecule has 0 bridgehead atoms. The van der Waals surface area contributed by atoms with Gasteiger partial charge in [0, 0.05) is 13.8 Å². The third-order valence-corrected chi connectivity index (χ3v) is 14.2. The molecule has 36 nitrogen and oxygen atoms in total. The van der Waals surface area contributed by atoms with Crippen molar-refractivity contribution in [1.82, 2.24) is 16.0 Å². The first-order chi connectivity index (χ1) is 38.0. The van der Waals surface area contributed by atoms with Crippen LogP contribution in [-0.4, -0.2) is 353 Å². The van der Waals surface area contributed by atoms with Crippen LogP contribution >= 0.6 is 0 Å². The van der Waals surface area contributed by atoms with Crippen molar-refractivity contribution in [3.63, 3.8) is 0 Å². The molecule has 36 heteroatoms. The van der Waals surface area contributed by atoms with Gasteiger partial charge < -0.3 is 165 Å². The number of amides is 3. The smallest absolute Gasteiger partial charge is 0.217 e. The van der Waals surface area contributed by atoms with Gasteiger partial charge in [-0.1, -0.05) is 0 Å². The van der Waals surface area contributed by atoms with Gasteiger partial charge in [0.2, 0.25) is 18.2 Å². The molecule has 0 unspecified atom stereocenters. The molecule has 6 aliphatic heterocycles. The molecule has 0 radical (unpaired) electrons. The van der Waals surface area contributed by atoms with E-state index in [-0.39, 0.29) is 6.41 Å². The van der Waals surface area contributed by atoms with Crippen molar-refractivity contribution >= 4 is 18.2 Å². The van der Waals surface area contributed by atoms with Gasteiger partial charge in [-0.15, -0.1) is 0 Å². The van der Waals surface area contributed by atoms with Gasteiger partial charge in [-0.3, -0.25) is 14.4 Å². The highest BCUT2D eigenvalue weighted by atomic mass is 16.8. The fourth-order valence-electron chi connectivity index (χ4n) is 9.90. The van der Waals surface area contributed by atoms with Crippen LogP contribution in [0, 0.1) is 0 Å². The second-order valence-corrected chi connectivity index (χ2v) is 19.7. The minimum atomic E-state index is -2.23. The van der Waals surface area contributed by atoms with Gasteiger partial charge >= 0.3 is 0 Å². The Hall–Kier alpha value is -2.79. The molecule has 0 aromatic heterocycles. The first kappa shape index (κ1) is 66.4. The predicted octanol–water partition coefficient (Wildman–Crippen LogP) is -14.7. The van der Waals surface area contributed by atoms with Crippen LogP contribution in [0.1, 0.15) is 13.8 Å². The van der Waals surface area contributed by atoms with Gasteiger partial charge in [0.05, 0.1) is 58.9 Å². The number of aliphatic hydroxyl groups excluding tert-OH is 18. The van der Waals surface area contributed by atoms with Crippen LogP contribution in [0.3, 0.4) is 0 Å². The van der Waals surface area contributed by atoms with E-state index in [4.69, 9.17) is 56.8 Å². The number of hydrogen-bond donors (Lipinski definition) is 21. The van der Waals surface area contributed by atoms with E-state index < -0.39 is 255 Å². The Labute approximate surface area is 453 Å². The Kier molecular flexibility index (Phi) is 24.7. The van der Waals surface area contributed by atoms with E-state index in [1.807, 2.05) is 0 Å². The van der Waals surface area contributed by atoms with Gasteiger partial charge in [-0.25, -0.2) is 0 Å². The molecule has 0 spiro atoms. The predicted molar refractivity (Wildman–Crippen MR) is 246 cm³/mol. The summed E-state index contributed by atoms with van der Waals surface area (Å²) in [6, 6.07) is -4.53. The maximum Gasteiger partial charge on any atom is 0.217 e. The van der Waals surface area contributed by atoms with E-state index in [1.165, 1.54) is 0 Å². The molecule has 464 valence electrons. The second-order valence-electron chi connectivity index (χ2n) is 19.7. The van der Waals surface area contributed by atoms with Crippen molar-refractivity contribution in [2.45, 2.75) is 204 Å². The fraction of sp³-hybridized carbons (Fsp3) is 0.932. The van der Waals surface area contributed by atoms with Crippen molar-refractivity contribution in [2.24, 2.45) is 0 Å². The summed E-state index contributed by atoms with van der Waals surface area (Å²) in [6.07, 6.45) is -53.0. The van der Waals surface area contributed by atoms with Gasteiger partial charge in [-0.05, 0) is 0 Å². The monoisotopic (exact) mass is 1170 g/mol. The molecule has 6 rings (SSSR count). The number of carbonyl (C=O) groups excluding carboxylic acids is 3. The average molecular weight is 1170 g/mol. The Morgan fingerprint density at radius 2 is 0.725 bits per heavy atom. The summed E-state index contributed by atoms with van der Waals surface area (Å²) < 4.78 is 68.7. The molecule has 6 fully saturated rings. The molecule has 31 atom stereocenters. The molecule has 3 amide bonds. The number of hydrogen-bond acceptors (Lipinski definition) is 33. The lowest BCUT2D eigenvalue weighted by Gasteiger charge is -2.51. The SMILES string of the molecule is CC(=O)N[C@H]1[C@@H](O[C@H]2[C@@H](O)[C@@H](CO)O[C@@H](O[C@H]3[C@H](O)[C@@H](NC(C)=O)[C@H](O[C@H]4[C@@H](O)[C@@H](CO)O[C@@H](O[C@H]5[C@H](O)[C@@H](O)[C@H](OC[C@@H](CO)NC=O)O[C@@H]5CO)[C@@H]4O)O[C@@H]3CO)[C@@H]2O)O[C@H](CO)[C@@H](O[C@@H]2O[C@H](CO)[C@H](O)[C@H](O)[C@H]2O)[C@@H]1O. The fourth-order valence-corrected chi connectivity index (χ4v) is 9.90. The molecular weight excluding hydrogens is 1100 g/mol. The summed E-state index contributed by atoms with van der Waals surface area (Å²) in [4.78, 5) is 36.0. The topological polar surface area (TPSA) is 562 Å². The molecule has 21 N–H and O–H groups in total. The summed E-state index contributed by atoms with van der Waals surface area (Å²) in [7, 11) is 0. The Bertz CT molecular complexity index is 1920. The summed E-state index contributed by atoms with van der Waals surface area (Å²) in [5.41, 5.74) is 0. The van der Waals surface area contributed by atoms with Crippen LogP contribution in [0.15, 0.2) is 0 Å². The zero-order valence-electron chi connectivity index (χ0n) is 42.8. The zero-order chi connectivity index (χ0) is 59.0. The quantitative estimate of drug-likeness (QED) is 0.0399. The maximum atomic E-state index is 12.7. The molecule has 6 heterocycles. The van der Waals surface area contributed by atoms with Crippen LogP contribution in [0.2, 0.25) is 0 Å². The van der Waals surface area contributed by atoms with Crippen molar-refractivity contribution in [2.75, 3.05) is 52.9 Å².